The molecule has 5 heteroatoms. The highest BCUT2D eigenvalue weighted by Gasteiger charge is 2.24. The molecular weight excluding hydrogens is 244 g/mol. The first-order valence-electron chi connectivity index (χ1n) is 6.58. The molecular formula is C14H22N2O3. The second-order valence-corrected chi connectivity index (χ2v) is 4.46. The summed E-state index contributed by atoms with van der Waals surface area (Å²) in [5.74, 6) is -0.471. The van der Waals surface area contributed by atoms with Gasteiger partial charge in [-0.3, -0.25) is 4.79 Å². The van der Waals surface area contributed by atoms with E-state index < -0.39 is 0 Å². The van der Waals surface area contributed by atoms with E-state index in [2.05, 4.69) is 0 Å². The number of rotatable bonds is 6. The van der Waals surface area contributed by atoms with Crippen LogP contribution < -0.4 is 5.73 Å². The SMILES string of the molecule is CCC(CC)N(CCN)C(=O)c1cc(O)ccc1O. The molecule has 0 aliphatic heterocycles. The van der Waals surface area contributed by atoms with E-state index in [0.717, 1.165) is 12.8 Å². The lowest BCUT2D eigenvalue weighted by atomic mass is 10.1. The Morgan fingerprint density at radius 2 is 1.95 bits per heavy atom. The van der Waals surface area contributed by atoms with Crippen molar-refractivity contribution in [2.75, 3.05) is 13.1 Å². The third kappa shape index (κ3) is 3.61. The molecule has 0 aliphatic carbocycles. The molecule has 106 valence electrons. The lowest BCUT2D eigenvalue weighted by molar-refractivity contribution is 0.0671. The van der Waals surface area contributed by atoms with E-state index in [1.165, 1.54) is 18.2 Å². The van der Waals surface area contributed by atoms with Gasteiger partial charge in [-0.1, -0.05) is 13.8 Å². The fraction of sp³-hybridized carbons (Fsp3) is 0.500. The van der Waals surface area contributed by atoms with Gasteiger partial charge in [0.05, 0.1) is 5.56 Å². The van der Waals surface area contributed by atoms with E-state index in [0.29, 0.717) is 13.1 Å². The van der Waals surface area contributed by atoms with Crippen LogP contribution >= 0.6 is 0 Å². The topological polar surface area (TPSA) is 86.8 Å². The zero-order valence-electron chi connectivity index (χ0n) is 11.5. The smallest absolute Gasteiger partial charge is 0.258 e. The molecule has 0 aliphatic rings. The number of nitrogens with two attached hydrogens (primary N) is 1. The molecule has 19 heavy (non-hydrogen) atoms. The summed E-state index contributed by atoms with van der Waals surface area (Å²) in [6.45, 7) is 4.81. The van der Waals surface area contributed by atoms with E-state index >= 15 is 0 Å². The van der Waals surface area contributed by atoms with Crippen molar-refractivity contribution in [3.63, 3.8) is 0 Å². The second kappa shape index (κ2) is 6.99. The Morgan fingerprint density at radius 3 is 2.47 bits per heavy atom. The maximum absolute atomic E-state index is 12.5. The summed E-state index contributed by atoms with van der Waals surface area (Å²) in [5.41, 5.74) is 5.67. The fourth-order valence-corrected chi connectivity index (χ4v) is 2.17. The summed E-state index contributed by atoms with van der Waals surface area (Å²) in [5, 5.41) is 19.2. The highest BCUT2D eigenvalue weighted by atomic mass is 16.3. The number of benzene rings is 1. The third-order valence-electron chi connectivity index (χ3n) is 3.22. The average Bonchev–Trinajstić information content (AvgIpc) is 2.41. The number of amides is 1. The van der Waals surface area contributed by atoms with E-state index in [-0.39, 0.29) is 29.0 Å². The van der Waals surface area contributed by atoms with Gasteiger partial charge in [-0.05, 0) is 31.0 Å². The summed E-state index contributed by atoms with van der Waals surface area (Å²) < 4.78 is 0. The Bertz CT molecular complexity index is 431. The Hall–Kier alpha value is -1.75. The van der Waals surface area contributed by atoms with Gasteiger partial charge >= 0.3 is 0 Å². The van der Waals surface area contributed by atoms with Crippen LogP contribution in [0.2, 0.25) is 0 Å². The Balaban J connectivity index is 3.08. The molecule has 0 bridgehead atoms. The van der Waals surface area contributed by atoms with Gasteiger partial charge in [0, 0.05) is 19.1 Å². The molecule has 1 aromatic carbocycles. The molecule has 0 saturated carbocycles. The molecule has 0 heterocycles. The van der Waals surface area contributed by atoms with Crippen molar-refractivity contribution in [1.29, 1.82) is 0 Å². The van der Waals surface area contributed by atoms with Crippen LogP contribution in [-0.2, 0) is 0 Å². The Kier molecular flexibility index (Phi) is 5.63. The van der Waals surface area contributed by atoms with Crippen molar-refractivity contribution < 1.29 is 15.0 Å². The van der Waals surface area contributed by atoms with Crippen LogP contribution in [0.1, 0.15) is 37.0 Å². The molecule has 0 radical (unpaired) electrons. The van der Waals surface area contributed by atoms with Crippen molar-refractivity contribution >= 4 is 5.91 Å². The quantitative estimate of drug-likeness (QED) is 0.684. The van der Waals surface area contributed by atoms with E-state index in [4.69, 9.17) is 5.73 Å². The van der Waals surface area contributed by atoms with Crippen molar-refractivity contribution in [3.8, 4) is 11.5 Å². The lowest BCUT2D eigenvalue weighted by Gasteiger charge is -2.30. The first kappa shape index (κ1) is 15.3. The molecule has 0 unspecified atom stereocenters. The predicted octanol–water partition coefficient (Wildman–Crippen LogP) is 1.69. The van der Waals surface area contributed by atoms with Gasteiger partial charge in [0.1, 0.15) is 11.5 Å². The van der Waals surface area contributed by atoms with Crippen LogP contribution in [-0.4, -0.2) is 40.2 Å². The Labute approximate surface area is 113 Å². The highest BCUT2D eigenvalue weighted by molar-refractivity contribution is 5.97. The lowest BCUT2D eigenvalue weighted by Crippen LogP contribution is -2.42. The molecule has 0 fully saturated rings. The summed E-state index contributed by atoms with van der Waals surface area (Å²) in [6, 6.07) is 4.02. The fourth-order valence-electron chi connectivity index (χ4n) is 2.17. The Morgan fingerprint density at radius 1 is 1.32 bits per heavy atom. The van der Waals surface area contributed by atoms with Gasteiger partial charge in [0.15, 0.2) is 0 Å². The van der Waals surface area contributed by atoms with E-state index in [9.17, 15) is 15.0 Å². The van der Waals surface area contributed by atoms with Crippen LogP contribution in [0.15, 0.2) is 18.2 Å². The van der Waals surface area contributed by atoms with Gasteiger partial charge in [-0.15, -0.1) is 0 Å². The monoisotopic (exact) mass is 266 g/mol. The highest BCUT2D eigenvalue weighted by Crippen LogP contribution is 2.25. The largest absolute Gasteiger partial charge is 0.508 e. The number of hydrogen-bond acceptors (Lipinski definition) is 4. The van der Waals surface area contributed by atoms with Gasteiger partial charge in [0.25, 0.3) is 5.91 Å². The van der Waals surface area contributed by atoms with Crippen LogP contribution in [0.4, 0.5) is 0 Å². The minimum absolute atomic E-state index is 0.0432. The van der Waals surface area contributed by atoms with Crippen molar-refractivity contribution in [1.82, 2.24) is 4.90 Å². The van der Waals surface area contributed by atoms with Crippen molar-refractivity contribution in [2.24, 2.45) is 5.73 Å². The van der Waals surface area contributed by atoms with Gasteiger partial charge in [0.2, 0.25) is 0 Å². The molecule has 0 atom stereocenters. The standard InChI is InChI=1S/C14H22N2O3/c1-3-10(4-2)16(8-7-15)14(19)12-9-11(17)5-6-13(12)18/h5-6,9-10,17-18H,3-4,7-8,15H2,1-2H3. The summed E-state index contributed by atoms with van der Waals surface area (Å²) >= 11 is 0. The van der Waals surface area contributed by atoms with Crippen molar-refractivity contribution in [3.05, 3.63) is 23.8 Å². The van der Waals surface area contributed by atoms with Crippen LogP contribution in [0.5, 0.6) is 11.5 Å². The van der Waals surface area contributed by atoms with Gasteiger partial charge in [-0.2, -0.15) is 0 Å². The van der Waals surface area contributed by atoms with Crippen LogP contribution in [0.3, 0.4) is 0 Å². The van der Waals surface area contributed by atoms with Gasteiger partial charge in [-0.25, -0.2) is 0 Å². The number of carbonyl (C=O) groups excluding carboxylic acids is 1. The number of phenols is 2. The normalized spacial score (nSPS) is 10.7. The maximum Gasteiger partial charge on any atom is 0.258 e. The number of aromatic hydroxyl groups is 2. The van der Waals surface area contributed by atoms with E-state index in [1.54, 1.807) is 4.90 Å². The average molecular weight is 266 g/mol. The molecule has 0 saturated heterocycles. The summed E-state index contributed by atoms with van der Waals surface area (Å²) in [7, 11) is 0. The summed E-state index contributed by atoms with van der Waals surface area (Å²) in [4.78, 5) is 14.1. The first-order valence-corrected chi connectivity index (χ1v) is 6.58. The van der Waals surface area contributed by atoms with Crippen LogP contribution in [0, 0.1) is 0 Å². The number of hydrogen-bond donors (Lipinski definition) is 3. The molecule has 4 N–H and O–H groups in total. The zero-order valence-corrected chi connectivity index (χ0v) is 11.5. The maximum atomic E-state index is 12.5. The number of phenolic OH excluding ortho intramolecular Hbond substituents is 2. The minimum atomic E-state index is -0.299. The molecule has 5 nitrogen and oxygen atoms in total. The van der Waals surface area contributed by atoms with E-state index in [1.807, 2.05) is 13.8 Å². The molecule has 0 spiro atoms. The molecule has 1 aromatic rings. The van der Waals surface area contributed by atoms with Crippen LogP contribution in [0.25, 0.3) is 0 Å². The molecule has 1 amide bonds. The number of carbonyl (C=O) groups is 1. The first-order chi connectivity index (χ1) is 9.04. The number of nitrogens with zero attached hydrogens (tertiary/aromatic N) is 1. The predicted molar refractivity (Wildman–Crippen MR) is 74.2 cm³/mol. The van der Waals surface area contributed by atoms with Gasteiger partial charge < -0.3 is 20.8 Å². The molecule has 1 rings (SSSR count). The zero-order chi connectivity index (χ0) is 14.4. The third-order valence-corrected chi connectivity index (χ3v) is 3.22. The second-order valence-electron chi connectivity index (χ2n) is 4.46. The minimum Gasteiger partial charge on any atom is -0.508 e. The van der Waals surface area contributed by atoms with Crippen molar-refractivity contribution in [2.45, 2.75) is 32.7 Å². The summed E-state index contributed by atoms with van der Waals surface area (Å²) in [6.07, 6.45) is 1.64. The molecule has 0 aromatic heterocycles.